The second-order valence-electron chi connectivity index (χ2n) is 6.40. The maximum absolute atomic E-state index is 12.5. The van der Waals surface area contributed by atoms with Crippen LogP contribution in [-0.2, 0) is 11.2 Å². The van der Waals surface area contributed by atoms with Crippen LogP contribution in [0.25, 0.3) is 10.6 Å². The van der Waals surface area contributed by atoms with E-state index in [1.165, 1.54) is 18.3 Å². The number of aromatic nitrogens is 1. The molecule has 0 aliphatic carbocycles. The lowest BCUT2D eigenvalue weighted by Crippen LogP contribution is -2.16. The Hall–Kier alpha value is -3.39. The summed E-state index contributed by atoms with van der Waals surface area (Å²) in [5, 5.41) is 5.46. The minimum Gasteiger partial charge on any atom is -0.497 e. The highest BCUT2D eigenvalue weighted by Gasteiger charge is 2.20. The van der Waals surface area contributed by atoms with Gasteiger partial charge in [-0.2, -0.15) is 0 Å². The van der Waals surface area contributed by atoms with Crippen LogP contribution in [0.4, 0.5) is 5.69 Å². The minimum absolute atomic E-state index is 0.0943. The van der Waals surface area contributed by atoms with Crippen molar-refractivity contribution in [3.8, 4) is 27.8 Å². The van der Waals surface area contributed by atoms with Crippen LogP contribution in [0.2, 0.25) is 0 Å². The van der Waals surface area contributed by atoms with Gasteiger partial charge in [-0.05, 0) is 37.3 Å². The molecule has 1 aromatic heterocycles. The molecule has 0 spiro atoms. The topological polar surface area (TPSA) is 86.8 Å². The van der Waals surface area contributed by atoms with Crippen LogP contribution in [0.3, 0.4) is 0 Å². The molecule has 29 heavy (non-hydrogen) atoms. The predicted octanol–water partition coefficient (Wildman–Crippen LogP) is 3.93. The molecule has 2 heterocycles. The molecule has 8 heteroatoms. The van der Waals surface area contributed by atoms with E-state index in [0.717, 1.165) is 16.3 Å². The molecular weight excluding hydrogens is 392 g/mol. The number of carbonyl (C=O) groups excluding carboxylic acids is 2. The number of nitrogens with one attached hydrogen (secondary N) is 1. The first-order valence-corrected chi connectivity index (χ1v) is 9.74. The molecule has 0 radical (unpaired) electrons. The average Bonchev–Trinajstić information content (AvgIpc) is 3.36. The predicted molar refractivity (Wildman–Crippen MR) is 109 cm³/mol. The molecule has 0 saturated heterocycles. The van der Waals surface area contributed by atoms with Crippen molar-refractivity contribution in [3.05, 3.63) is 53.0 Å². The van der Waals surface area contributed by atoms with Gasteiger partial charge in [0.2, 0.25) is 12.7 Å². The van der Waals surface area contributed by atoms with Crippen molar-refractivity contribution in [3.63, 3.8) is 0 Å². The third kappa shape index (κ3) is 4.07. The average molecular weight is 410 g/mol. The maximum Gasteiger partial charge on any atom is 0.231 e. The largest absolute Gasteiger partial charge is 0.497 e. The summed E-state index contributed by atoms with van der Waals surface area (Å²) in [7, 11) is 1.62. The Labute approximate surface area is 171 Å². The summed E-state index contributed by atoms with van der Waals surface area (Å²) in [4.78, 5) is 29.0. The highest BCUT2D eigenvalue weighted by Crippen LogP contribution is 2.37. The molecule has 1 aliphatic rings. The molecule has 1 amide bonds. The van der Waals surface area contributed by atoms with E-state index in [9.17, 15) is 9.59 Å². The number of ketones is 1. The molecule has 0 atom stereocenters. The van der Waals surface area contributed by atoms with Crippen LogP contribution in [0.5, 0.6) is 17.2 Å². The summed E-state index contributed by atoms with van der Waals surface area (Å²) in [6.07, 6.45) is 0.0957. The van der Waals surface area contributed by atoms with Gasteiger partial charge >= 0.3 is 0 Å². The van der Waals surface area contributed by atoms with E-state index in [-0.39, 0.29) is 24.9 Å². The molecule has 1 N–H and O–H groups in total. The second-order valence-corrected chi connectivity index (χ2v) is 7.26. The number of thiazole rings is 1. The number of methoxy groups -OCH3 is 1. The van der Waals surface area contributed by atoms with Gasteiger partial charge < -0.3 is 19.5 Å². The van der Waals surface area contributed by atoms with Gasteiger partial charge in [0.15, 0.2) is 17.3 Å². The highest BCUT2D eigenvalue weighted by atomic mass is 32.1. The number of hydrogen-bond acceptors (Lipinski definition) is 7. The minimum atomic E-state index is -0.266. The fraction of sp³-hybridized carbons (Fsp3) is 0.190. The Bertz CT molecular complexity index is 1080. The van der Waals surface area contributed by atoms with Crippen LogP contribution >= 0.6 is 11.3 Å². The number of anilines is 1. The number of amides is 1. The Morgan fingerprint density at radius 1 is 1.17 bits per heavy atom. The molecule has 0 unspecified atom stereocenters. The van der Waals surface area contributed by atoms with Gasteiger partial charge in [-0.25, -0.2) is 4.98 Å². The lowest BCUT2D eigenvalue weighted by atomic mass is 10.1. The van der Waals surface area contributed by atoms with Crippen LogP contribution in [0.15, 0.2) is 41.8 Å². The zero-order valence-electron chi connectivity index (χ0n) is 15.9. The van der Waals surface area contributed by atoms with Gasteiger partial charge in [-0.15, -0.1) is 11.3 Å². The third-order valence-corrected chi connectivity index (χ3v) is 5.34. The summed E-state index contributed by atoms with van der Waals surface area (Å²) >= 11 is 1.47. The molecule has 4 rings (SSSR count). The number of carbonyl (C=O) groups is 2. The molecule has 0 saturated carbocycles. The van der Waals surface area contributed by atoms with Crippen LogP contribution in [-0.4, -0.2) is 30.6 Å². The van der Waals surface area contributed by atoms with Crippen LogP contribution in [0, 0.1) is 0 Å². The zero-order valence-corrected chi connectivity index (χ0v) is 16.7. The van der Waals surface area contributed by atoms with Crippen molar-refractivity contribution in [2.45, 2.75) is 13.3 Å². The molecule has 148 valence electrons. The Kier molecular flexibility index (Phi) is 5.18. The fourth-order valence-corrected chi connectivity index (χ4v) is 3.78. The van der Waals surface area contributed by atoms with Gasteiger partial charge in [0.1, 0.15) is 10.8 Å². The van der Waals surface area contributed by atoms with Crippen molar-refractivity contribution in [2.24, 2.45) is 0 Å². The number of hydrogen-bond donors (Lipinski definition) is 1. The number of Topliss-reactive ketones (excluding diaryl/α,β-unsaturated/α-hetero) is 1. The number of benzene rings is 2. The summed E-state index contributed by atoms with van der Waals surface area (Å²) in [6.45, 7) is 1.53. The summed E-state index contributed by atoms with van der Waals surface area (Å²) < 4.78 is 15.8. The quantitative estimate of drug-likeness (QED) is 0.620. The van der Waals surface area contributed by atoms with E-state index in [0.29, 0.717) is 28.4 Å². The van der Waals surface area contributed by atoms with Crippen LogP contribution < -0.4 is 19.5 Å². The Morgan fingerprint density at radius 2 is 1.90 bits per heavy atom. The first-order valence-electron chi connectivity index (χ1n) is 8.87. The fourth-order valence-electron chi connectivity index (χ4n) is 2.95. The maximum atomic E-state index is 12.5. The monoisotopic (exact) mass is 410 g/mol. The van der Waals surface area contributed by atoms with E-state index in [1.807, 2.05) is 29.6 Å². The van der Waals surface area contributed by atoms with Gasteiger partial charge in [-0.1, -0.05) is 0 Å². The first kappa shape index (κ1) is 18.9. The molecule has 1 aliphatic heterocycles. The van der Waals surface area contributed by atoms with E-state index in [2.05, 4.69) is 10.3 Å². The Morgan fingerprint density at radius 3 is 2.59 bits per heavy atom. The first-order chi connectivity index (χ1) is 14.0. The molecule has 0 fully saturated rings. The summed E-state index contributed by atoms with van der Waals surface area (Å²) in [5.41, 5.74) is 2.39. The molecule has 7 nitrogen and oxygen atoms in total. The lowest BCUT2D eigenvalue weighted by molar-refractivity contribution is -0.115. The molecule has 0 bridgehead atoms. The zero-order chi connectivity index (χ0) is 20.4. The smallest absolute Gasteiger partial charge is 0.231 e. The number of fused-ring (bicyclic) bond motifs is 1. The van der Waals surface area contributed by atoms with Crippen molar-refractivity contribution >= 4 is 28.7 Å². The van der Waals surface area contributed by atoms with E-state index >= 15 is 0 Å². The SMILES string of the molecule is COc1ccc(-c2nc(CC(=O)Nc3cc4c(cc3C(C)=O)OCO4)cs2)cc1. The van der Waals surface area contributed by atoms with E-state index in [4.69, 9.17) is 14.2 Å². The van der Waals surface area contributed by atoms with Crippen molar-refractivity contribution in [2.75, 3.05) is 19.2 Å². The molecular formula is C21H18N2O5S. The molecule has 3 aromatic rings. The lowest BCUT2D eigenvalue weighted by Gasteiger charge is -2.10. The van der Waals surface area contributed by atoms with E-state index in [1.54, 1.807) is 19.2 Å². The standard InChI is InChI=1S/C21H18N2O5S/c1-12(24)16-8-18-19(28-11-27-18)9-17(16)23-20(25)7-14-10-29-21(22-14)13-3-5-15(26-2)6-4-13/h3-6,8-10H,7,11H2,1-2H3,(H,23,25). The Balaban J connectivity index is 1.48. The highest BCUT2D eigenvalue weighted by molar-refractivity contribution is 7.13. The van der Waals surface area contributed by atoms with Gasteiger partial charge in [0, 0.05) is 22.6 Å². The third-order valence-electron chi connectivity index (χ3n) is 4.40. The summed E-state index contributed by atoms with van der Waals surface area (Å²) in [6, 6.07) is 10.8. The summed E-state index contributed by atoms with van der Waals surface area (Å²) in [5.74, 6) is 1.33. The van der Waals surface area contributed by atoms with Crippen molar-refractivity contribution < 1.29 is 23.8 Å². The van der Waals surface area contributed by atoms with Crippen molar-refractivity contribution in [1.82, 2.24) is 4.98 Å². The number of nitrogens with zero attached hydrogens (tertiary/aromatic N) is 1. The number of ether oxygens (including phenoxy) is 3. The number of rotatable bonds is 6. The van der Waals surface area contributed by atoms with Gasteiger partial charge in [0.05, 0.1) is 24.9 Å². The van der Waals surface area contributed by atoms with E-state index < -0.39 is 0 Å². The van der Waals surface area contributed by atoms with Gasteiger partial charge in [-0.3, -0.25) is 9.59 Å². The molecule has 2 aromatic carbocycles. The van der Waals surface area contributed by atoms with Crippen molar-refractivity contribution in [1.29, 1.82) is 0 Å². The van der Waals surface area contributed by atoms with Gasteiger partial charge in [0.25, 0.3) is 0 Å². The second kappa shape index (κ2) is 7.92. The normalized spacial score (nSPS) is 11.9. The van der Waals surface area contributed by atoms with Crippen LogP contribution in [0.1, 0.15) is 23.0 Å².